The summed E-state index contributed by atoms with van der Waals surface area (Å²) < 4.78 is 81.2. The van der Waals surface area contributed by atoms with Gasteiger partial charge in [-0.05, 0) is 24.6 Å². The molecule has 0 bridgehead atoms. The fraction of sp³-hybridized carbons (Fsp3) is 0.560. The molecule has 7 nitrogen and oxygen atoms in total. The van der Waals surface area contributed by atoms with Crippen LogP contribution in [0.5, 0.6) is 0 Å². The maximum absolute atomic E-state index is 13.5. The largest absolute Gasteiger partial charge is 0.393 e. The molecule has 0 saturated carbocycles. The molecule has 2 aliphatic rings. The second-order valence-corrected chi connectivity index (χ2v) is 10.6. The van der Waals surface area contributed by atoms with Crippen molar-refractivity contribution in [2.45, 2.75) is 38.5 Å². The molecule has 0 unspecified atom stereocenters. The van der Waals surface area contributed by atoms with Crippen LogP contribution in [-0.2, 0) is 14.4 Å². The van der Waals surface area contributed by atoms with E-state index in [4.69, 9.17) is 0 Å². The number of hydrogen-bond donors (Lipinski definition) is 1. The molecular formula is C25H29BrF6N4O3. The van der Waals surface area contributed by atoms with E-state index < -0.39 is 49.6 Å². The van der Waals surface area contributed by atoms with Gasteiger partial charge in [0.05, 0.1) is 17.5 Å². The van der Waals surface area contributed by atoms with Crippen LogP contribution >= 0.6 is 15.9 Å². The van der Waals surface area contributed by atoms with Gasteiger partial charge in [0.15, 0.2) is 0 Å². The van der Waals surface area contributed by atoms with Crippen molar-refractivity contribution in [3.05, 3.63) is 34.8 Å². The molecule has 0 aromatic heterocycles. The van der Waals surface area contributed by atoms with Crippen molar-refractivity contribution in [1.82, 2.24) is 14.7 Å². The van der Waals surface area contributed by atoms with Gasteiger partial charge < -0.3 is 20.0 Å². The Kier molecular flexibility index (Phi) is 9.60. The van der Waals surface area contributed by atoms with Crippen molar-refractivity contribution in [2.75, 3.05) is 44.6 Å². The third-order valence-electron chi connectivity index (χ3n) is 6.97. The minimum atomic E-state index is -4.82. The van der Waals surface area contributed by atoms with Gasteiger partial charge in [0, 0.05) is 74.8 Å². The summed E-state index contributed by atoms with van der Waals surface area (Å²) in [6.07, 6.45) is -11.0. The number of rotatable bonds is 6. The van der Waals surface area contributed by atoms with Crippen molar-refractivity contribution in [3.63, 3.8) is 0 Å². The summed E-state index contributed by atoms with van der Waals surface area (Å²) in [5, 5.41) is 2.61. The first-order chi connectivity index (χ1) is 18.1. The molecular weight excluding hydrogens is 598 g/mol. The molecule has 0 radical (unpaired) electrons. The van der Waals surface area contributed by atoms with Crippen LogP contribution in [0.2, 0.25) is 0 Å². The Morgan fingerprint density at radius 1 is 0.923 bits per heavy atom. The molecule has 0 spiro atoms. The van der Waals surface area contributed by atoms with Crippen LogP contribution in [0.15, 0.2) is 29.3 Å². The zero-order valence-corrected chi connectivity index (χ0v) is 22.8. The smallest absolute Gasteiger partial charge is 0.370 e. The van der Waals surface area contributed by atoms with Crippen LogP contribution in [0, 0.1) is 11.8 Å². The van der Waals surface area contributed by atoms with Crippen LogP contribution in [0.1, 0.15) is 31.7 Å². The lowest BCUT2D eigenvalue weighted by Gasteiger charge is -2.41. The van der Waals surface area contributed by atoms with Crippen LogP contribution in [-0.4, -0.2) is 84.0 Å². The lowest BCUT2D eigenvalue weighted by Crippen LogP contribution is -2.50. The first-order valence-electron chi connectivity index (χ1n) is 12.3. The predicted molar refractivity (Wildman–Crippen MR) is 135 cm³/mol. The number of hydrogen-bond acceptors (Lipinski definition) is 4. The van der Waals surface area contributed by atoms with Gasteiger partial charge in [-0.15, -0.1) is 0 Å². The lowest BCUT2D eigenvalue weighted by molar-refractivity contribution is -0.226. The summed E-state index contributed by atoms with van der Waals surface area (Å²) >= 11 is 3.24. The Hall–Kier alpha value is -2.77. The van der Waals surface area contributed by atoms with E-state index in [1.54, 1.807) is 15.9 Å². The topological polar surface area (TPSA) is 73.0 Å². The van der Waals surface area contributed by atoms with Crippen molar-refractivity contribution in [3.8, 4) is 0 Å². The summed E-state index contributed by atoms with van der Waals surface area (Å²) in [4.78, 5) is 40.7. The molecule has 3 amide bonds. The van der Waals surface area contributed by atoms with E-state index in [1.807, 2.05) is 0 Å². The average Bonchev–Trinajstić information content (AvgIpc) is 2.86. The summed E-state index contributed by atoms with van der Waals surface area (Å²) in [5.74, 6) is -5.28. The molecule has 0 aliphatic carbocycles. The number of alkyl halides is 6. The number of benzene rings is 1. The SMILES string of the molecule is C=C(c1cc(Br)ccc1NC(=O)CCC(=O)N1CCN(C(C)=O)CC1)N1C[C@H](C(F)(F)F)C[C@H](C(F)(F)F)C1. The van der Waals surface area contributed by atoms with Crippen molar-refractivity contribution in [2.24, 2.45) is 11.8 Å². The monoisotopic (exact) mass is 626 g/mol. The molecule has 39 heavy (non-hydrogen) atoms. The third-order valence-corrected chi connectivity index (χ3v) is 7.46. The number of piperazine rings is 1. The van der Waals surface area contributed by atoms with E-state index in [9.17, 15) is 40.7 Å². The fourth-order valence-corrected chi connectivity index (χ4v) is 5.05. The van der Waals surface area contributed by atoms with E-state index in [-0.39, 0.29) is 41.6 Å². The minimum Gasteiger partial charge on any atom is -0.370 e. The maximum atomic E-state index is 13.5. The standard InChI is InChI=1S/C25H29BrF6N4O3/c1-15(36-13-17(24(27,28)29)11-18(14-36)25(30,31)32)20-12-19(26)3-4-21(20)33-22(38)5-6-23(39)35-9-7-34(8-10-35)16(2)37/h3-4,12,17-18H,1,5-11,13-14H2,2H3,(H,33,38)/t17-,18+. The quantitative estimate of drug-likeness (QED) is 0.457. The Labute approximate surface area is 230 Å². The number of piperidine rings is 1. The number of halogens is 7. The first-order valence-corrected chi connectivity index (χ1v) is 13.1. The molecule has 2 fully saturated rings. The number of carbonyl (C=O) groups excluding carboxylic acids is 3. The summed E-state index contributed by atoms with van der Waals surface area (Å²) in [7, 11) is 0. The van der Waals surface area contributed by atoms with Gasteiger partial charge in [0.2, 0.25) is 17.7 Å². The van der Waals surface area contributed by atoms with Gasteiger partial charge in [-0.3, -0.25) is 14.4 Å². The highest BCUT2D eigenvalue weighted by Gasteiger charge is 2.51. The summed E-state index contributed by atoms with van der Waals surface area (Å²) in [6.45, 7) is 5.34. The second kappa shape index (κ2) is 12.2. The van der Waals surface area contributed by atoms with Crippen LogP contribution in [0.25, 0.3) is 5.70 Å². The summed E-state index contributed by atoms with van der Waals surface area (Å²) in [6, 6.07) is 4.47. The molecule has 2 aliphatic heterocycles. The van der Waals surface area contributed by atoms with Crippen molar-refractivity contribution >= 4 is 45.0 Å². The molecule has 1 N–H and O–H groups in total. The van der Waals surface area contributed by atoms with E-state index in [0.29, 0.717) is 30.7 Å². The third kappa shape index (κ3) is 8.12. The average molecular weight is 627 g/mol. The number of carbonyl (C=O) groups is 3. The normalized spacial score (nSPS) is 20.6. The van der Waals surface area contributed by atoms with Gasteiger partial charge in [-0.25, -0.2) is 0 Å². The van der Waals surface area contributed by atoms with Gasteiger partial charge in [-0.1, -0.05) is 22.5 Å². The number of nitrogens with one attached hydrogen (secondary N) is 1. The minimum absolute atomic E-state index is 0.0826. The van der Waals surface area contributed by atoms with Crippen LogP contribution < -0.4 is 5.32 Å². The zero-order valence-electron chi connectivity index (χ0n) is 21.2. The molecule has 2 atom stereocenters. The maximum Gasteiger partial charge on any atom is 0.393 e. The van der Waals surface area contributed by atoms with Gasteiger partial charge in [0.1, 0.15) is 0 Å². The fourth-order valence-electron chi connectivity index (χ4n) is 4.69. The van der Waals surface area contributed by atoms with Crippen molar-refractivity contribution < 1.29 is 40.7 Å². The van der Waals surface area contributed by atoms with E-state index in [1.165, 1.54) is 19.1 Å². The second-order valence-electron chi connectivity index (χ2n) is 9.69. The molecule has 2 heterocycles. The number of amides is 3. The van der Waals surface area contributed by atoms with E-state index >= 15 is 0 Å². The Balaban J connectivity index is 1.68. The predicted octanol–water partition coefficient (Wildman–Crippen LogP) is 4.89. The van der Waals surface area contributed by atoms with Crippen LogP contribution in [0.4, 0.5) is 32.0 Å². The van der Waals surface area contributed by atoms with Gasteiger partial charge >= 0.3 is 12.4 Å². The Bertz CT molecular complexity index is 1080. The molecule has 1 aromatic carbocycles. The highest BCUT2D eigenvalue weighted by atomic mass is 79.9. The highest BCUT2D eigenvalue weighted by molar-refractivity contribution is 9.10. The number of nitrogens with zero attached hydrogens (tertiary/aromatic N) is 3. The van der Waals surface area contributed by atoms with E-state index in [0.717, 1.165) is 4.90 Å². The van der Waals surface area contributed by atoms with Crippen LogP contribution in [0.3, 0.4) is 0 Å². The van der Waals surface area contributed by atoms with Gasteiger partial charge in [0.25, 0.3) is 0 Å². The molecule has 1 aromatic rings. The number of anilines is 1. The lowest BCUT2D eigenvalue weighted by atomic mass is 9.87. The van der Waals surface area contributed by atoms with E-state index in [2.05, 4.69) is 27.8 Å². The van der Waals surface area contributed by atoms with Crippen molar-refractivity contribution in [1.29, 1.82) is 0 Å². The number of likely N-dealkylation sites (tertiary alicyclic amines) is 1. The zero-order chi connectivity index (χ0) is 29.1. The Morgan fingerprint density at radius 3 is 1.97 bits per heavy atom. The first kappa shape index (κ1) is 30.8. The molecule has 216 valence electrons. The molecule has 14 heteroatoms. The molecule has 2 saturated heterocycles. The molecule has 3 rings (SSSR count). The summed E-state index contributed by atoms with van der Waals surface area (Å²) in [5.41, 5.74) is 0.218. The highest BCUT2D eigenvalue weighted by Crippen LogP contribution is 2.43. The van der Waals surface area contributed by atoms with Gasteiger partial charge in [-0.2, -0.15) is 26.3 Å². The Morgan fingerprint density at radius 2 is 1.46 bits per heavy atom.